The Kier molecular flexibility index (Phi) is 4.78. The quantitative estimate of drug-likeness (QED) is 0.673. The van der Waals surface area contributed by atoms with Crippen molar-refractivity contribution in [2.45, 2.75) is 0 Å². The van der Waals surface area contributed by atoms with Crippen LogP contribution in [0.1, 0.15) is 11.1 Å². The van der Waals surface area contributed by atoms with Gasteiger partial charge in [0.2, 0.25) is 0 Å². The van der Waals surface area contributed by atoms with Crippen molar-refractivity contribution in [1.82, 2.24) is 0 Å². The molecule has 2 aromatic rings. The summed E-state index contributed by atoms with van der Waals surface area (Å²) in [5.41, 5.74) is 2.28. The van der Waals surface area contributed by atoms with Crippen LogP contribution in [0.2, 0.25) is 0 Å². The molecule has 0 radical (unpaired) electrons. The molecule has 0 amide bonds. The summed E-state index contributed by atoms with van der Waals surface area (Å²) in [6.45, 7) is 0. The number of halogens is 2. The summed E-state index contributed by atoms with van der Waals surface area (Å²) >= 11 is 6.59. The van der Waals surface area contributed by atoms with E-state index in [1.807, 2.05) is 24.3 Å². The Bertz CT molecular complexity index is 844. The van der Waals surface area contributed by atoms with Crippen molar-refractivity contribution in [1.29, 1.82) is 0 Å². The van der Waals surface area contributed by atoms with Crippen LogP contribution >= 0.6 is 31.9 Å². The molecule has 0 aromatic heterocycles. The second-order valence-electron chi connectivity index (χ2n) is 5.05. The van der Waals surface area contributed by atoms with Crippen LogP contribution in [0.3, 0.4) is 0 Å². The third-order valence-electron chi connectivity index (χ3n) is 3.48. The maximum absolute atomic E-state index is 11.7. The molecule has 0 aliphatic carbocycles. The maximum atomic E-state index is 11.7. The predicted molar refractivity (Wildman–Crippen MR) is 98.5 cm³/mol. The average molecular weight is 452 g/mol. The molecule has 0 atom stereocenters. The van der Waals surface area contributed by atoms with E-state index in [0.29, 0.717) is 20.3 Å². The van der Waals surface area contributed by atoms with Crippen LogP contribution in [0.5, 0.6) is 11.5 Å². The van der Waals surface area contributed by atoms with E-state index < -0.39 is 5.97 Å². The highest BCUT2D eigenvalue weighted by atomic mass is 79.9. The number of methoxy groups -OCH3 is 1. The molecule has 0 fully saturated rings. The number of cyclic esters (lactones) is 1. The Balaban J connectivity index is 2.01. The number of rotatable bonds is 3. The second-order valence-corrected chi connectivity index (χ2v) is 6.76. The Labute approximate surface area is 155 Å². The van der Waals surface area contributed by atoms with Gasteiger partial charge in [0, 0.05) is 11.6 Å². The van der Waals surface area contributed by atoms with Gasteiger partial charge in [0.05, 0.1) is 16.1 Å². The number of hydrogen-bond acceptors (Lipinski definition) is 4. The zero-order valence-electron chi connectivity index (χ0n) is 12.5. The van der Waals surface area contributed by atoms with Gasteiger partial charge in [-0.05, 0) is 73.3 Å². The molecule has 1 aliphatic heterocycles. The van der Waals surface area contributed by atoms with Crippen LogP contribution in [-0.2, 0) is 9.53 Å². The first kappa shape index (κ1) is 16.8. The molecule has 1 heterocycles. The molecule has 0 unspecified atom stereocenters. The molecule has 1 N–H and O–H groups in total. The number of carbonyl (C=O) groups excluding carboxylic acids is 1. The van der Waals surface area contributed by atoms with E-state index in [2.05, 4.69) is 31.9 Å². The minimum absolute atomic E-state index is 0.102. The second kappa shape index (κ2) is 6.83. The van der Waals surface area contributed by atoms with Crippen molar-refractivity contribution in [2.75, 3.05) is 7.11 Å². The largest absolute Gasteiger partial charge is 0.506 e. The first-order valence-electron chi connectivity index (χ1n) is 6.96. The van der Waals surface area contributed by atoms with Crippen LogP contribution in [0.4, 0.5) is 0 Å². The SMILES string of the molecule is COc1ccc(/C=C2\OC(=O)C=C2c2cc(Br)c(O)c(Br)c2)cc1. The van der Waals surface area contributed by atoms with Crippen molar-refractivity contribution in [3.63, 3.8) is 0 Å². The van der Waals surface area contributed by atoms with Crippen molar-refractivity contribution in [3.05, 3.63) is 68.3 Å². The minimum atomic E-state index is -0.426. The molecule has 0 saturated carbocycles. The van der Waals surface area contributed by atoms with Crippen LogP contribution in [0.25, 0.3) is 11.6 Å². The molecule has 3 rings (SSSR count). The molecule has 0 saturated heterocycles. The Hall–Kier alpha value is -2.05. The Morgan fingerprint density at radius 2 is 1.75 bits per heavy atom. The van der Waals surface area contributed by atoms with Gasteiger partial charge in [-0.25, -0.2) is 4.79 Å². The number of carbonyl (C=O) groups is 1. The summed E-state index contributed by atoms with van der Waals surface area (Å²) in [6, 6.07) is 10.9. The lowest BCUT2D eigenvalue weighted by Gasteiger charge is -2.08. The molecule has 1 aliphatic rings. The number of phenols is 1. The number of ether oxygens (including phenoxy) is 2. The molecule has 24 heavy (non-hydrogen) atoms. The first-order valence-corrected chi connectivity index (χ1v) is 8.54. The maximum Gasteiger partial charge on any atom is 0.336 e. The van der Waals surface area contributed by atoms with Gasteiger partial charge in [-0.3, -0.25) is 0 Å². The lowest BCUT2D eigenvalue weighted by molar-refractivity contribution is -0.132. The first-order chi connectivity index (χ1) is 11.5. The highest BCUT2D eigenvalue weighted by molar-refractivity contribution is 9.11. The van der Waals surface area contributed by atoms with Gasteiger partial charge in [-0.1, -0.05) is 12.1 Å². The number of allylic oxidation sites excluding steroid dienone is 1. The lowest BCUT2D eigenvalue weighted by atomic mass is 10.0. The van der Waals surface area contributed by atoms with Gasteiger partial charge in [-0.2, -0.15) is 0 Å². The summed E-state index contributed by atoms with van der Waals surface area (Å²) in [5.74, 6) is 0.882. The molecular weight excluding hydrogens is 440 g/mol. The van der Waals surface area contributed by atoms with Crippen LogP contribution in [0, 0.1) is 0 Å². The van der Waals surface area contributed by atoms with Gasteiger partial charge in [0.1, 0.15) is 17.3 Å². The van der Waals surface area contributed by atoms with Gasteiger partial charge < -0.3 is 14.6 Å². The third kappa shape index (κ3) is 3.39. The van der Waals surface area contributed by atoms with Gasteiger partial charge in [0.25, 0.3) is 0 Å². The summed E-state index contributed by atoms with van der Waals surface area (Å²) in [4.78, 5) is 11.7. The van der Waals surface area contributed by atoms with E-state index in [9.17, 15) is 9.90 Å². The number of benzene rings is 2. The van der Waals surface area contributed by atoms with Crippen molar-refractivity contribution in [2.24, 2.45) is 0 Å². The predicted octanol–water partition coefficient (Wildman–Crippen LogP) is 4.91. The van der Waals surface area contributed by atoms with Crippen molar-refractivity contribution in [3.8, 4) is 11.5 Å². The fourth-order valence-corrected chi connectivity index (χ4v) is 3.47. The molecule has 122 valence electrons. The third-order valence-corrected chi connectivity index (χ3v) is 4.69. The molecule has 0 spiro atoms. The Morgan fingerprint density at radius 3 is 2.33 bits per heavy atom. The minimum Gasteiger partial charge on any atom is -0.506 e. The van der Waals surface area contributed by atoms with Gasteiger partial charge in [-0.15, -0.1) is 0 Å². The van der Waals surface area contributed by atoms with Gasteiger partial charge >= 0.3 is 5.97 Å². The summed E-state index contributed by atoms with van der Waals surface area (Å²) < 4.78 is 11.5. The summed E-state index contributed by atoms with van der Waals surface area (Å²) in [6.07, 6.45) is 3.21. The van der Waals surface area contributed by atoms with E-state index >= 15 is 0 Å². The van der Waals surface area contributed by atoms with Crippen LogP contribution in [-0.4, -0.2) is 18.2 Å². The van der Waals surface area contributed by atoms with Gasteiger partial charge in [0.15, 0.2) is 0 Å². The average Bonchev–Trinajstić information content (AvgIpc) is 2.93. The Morgan fingerprint density at radius 1 is 1.12 bits per heavy atom. The van der Waals surface area contributed by atoms with Crippen LogP contribution in [0.15, 0.2) is 57.2 Å². The summed E-state index contributed by atoms with van der Waals surface area (Å²) in [5, 5.41) is 9.84. The zero-order valence-corrected chi connectivity index (χ0v) is 15.7. The fourth-order valence-electron chi connectivity index (χ4n) is 2.29. The lowest BCUT2D eigenvalue weighted by Crippen LogP contribution is -1.92. The normalized spacial score (nSPS) is 15.4. The number of hydrogen-bond donors (Lipinski definition) is 1. The van der Waals surface area contributed by atoms with E-state index in [0.717, 1.165) is 16.9 Å². The fraction of sp³-hybridized carbons (Fsp3) is 0.0556. The summed E-state index contributed by atoms with van der Waals surface area (Å²) in [7, 11) is 1.60. The van der Waals surface area contributed by atoms with E-state index in [1.54, 1.807) is 25.3 Å². The van der Waals surface area contributed by atoms with Crippen molar-refractivity contribution < 1.29 is 19.4 Å². The zero-order chi connectivity index (χ0) is 17.3. The van der Waals surface area contributed by atoms with E-state index in [-0.39, 0.29) is 5.75 Å². The molecular formula is C18H12Br2O4. The molecule has 6 heteroatoms. The molecule has 2 aromatic carbocycles. The van der Waals surface area contributed by atoms with E-state index in [1.165, 1.54) is 6.08 Å². The molecule has 4 nitrogen and oxygen atoms in total. The molecule has 0 bridgehead atoms. The number of aromatic hydroxyl groups is 1. The van der Waals surface area contributed by atoms with Crippen molar-refractivity contribution >= 4 is 49.5 Å². The van der Waals surface area contributed by atoms with E-state index in [4.69, 9.17) is 9.47 Å². The standard InChI is InChI=1S/C18H12Br2O4/c1-23-12-4-2-10(3-5-12)6-16-13(9-17(21)24-16)11-7-14(19)18(22)15(20)8-11/h2-9,22H,1H3/b16-6-. The van der Waals surface area contributed by atoms with Crippen LogP contribution < -0.4 is 4.74 Å². The number of esters is 1. The highest BCUT2D eigenvalue weighted by Crippen LogP contribution is 2.39. The monoisotopic (exact) mass is 450 g/mol. The highest BCUT2D eigenvalue weighted by Gasteiger charge is 2.23. The smallest absolute Gasteiger partial charge is 0.336 e. The topological polar surface area (TPSA) is 55.8 Å². The number of phenolic OH excluding ortho intramolecular Hbond substituents is 1.